The number of anilines is 1. The Morgan fingerprint density at radius 1 is 1.21 bits per heavy atom. The molecule has 1 saturated carbocycles. The van der Waals surface area contributed by atoms with Gasteiger partial charge < -0.3 is 15.7 Å². The lowest BCUT2D eigenvalue weighted by atomic mass is 10.1. The number of urea groups is 1. The molecule has 19 heavy (non-hydrogen) atoms. The van der Waals surface area contributed by atoms with Gasteiger partial charge in [-0.25, -0.2) is 4.79 Å². The second kappa shape index (κ2) is 6.22. The molecule has 3 N–H and O–H groups in total. The maximum atomic E-state index is 11.5. The topological polar surface area (TPSA) is 78.4 Å². The molecule has 0 aliphatic heterocycles. The minimum Gasteiger partial charge on any atom is -0.481 e. The number of carbonyl (C=O) groups is 2. The van der Waals surface area contributed by atoms with Crippen molar-refractivity contribution in [3.05, 3.63) is 29.8 Å². The Morgan fingerprint density at radius 2 is 1.89 bits per heavy atom. The Hall–Kier alpha value is -2.04. The lowest BCUT2D eigenvalue weighted by Crippen LogP contribution is -2.30. The number of amides is 2. The maximum Gasteiger partial charge on any atom is 0.319 e. The van der Waals surface area contributed by atoms with Gasteiger partial charge in [0.25, 0.3) is 0 Å². The number of rotatable bonds is 6. The first-order valence-electron chi connectivity index (χ1n) is 6.49. The predicted octanol–water partition coefficient (Wildman–Crippen LogP) is 2.24. The van der Waals surface area contributed by atoms with Crippen LogP contribution in [-0.2, 0) is 11.2 Å². The van der Waals surface area contributed by atoms with Crippen LogP contribution in [0.3, 0.4) is 0 Å². The first-order valence-corrected chi connectivity index (χ1v) is 6.49. The quantitative estimate of drug-likeness (QED) is 0.735. The van der Waals surface area contributed by atoms with E-state index in [0.717, 1.165) is 12.1 Å². The number of carbonyl (C=O) groups excluding carboxylic acids is 1. The highest BCUT2D eigenvalue weighted by Gasteiger charge is 2.21. The fourth-order valence-electron chi connectivity index (χ4n) is 1.74. The number of aliphatic carboxylic acids is 1. The molecule has 1 aromatic carbocycles. The molecule has 0 saturated heterocycles. The highest BCUT2D eigenvalue weighted by molar-refractivity contribution is 5.89. The van der Waals surface area contributed by atoms with Crippen LogP contribution in [0.4, 0.5) is 10.5 Å². The molecule has 1 aromatic rings. The van der Waals surface area contributed by atoms with Gasteiger partial charge in [0.2, 0.25) is 0 Å². The summed E-state index contributed by atoms with van der Waals surface area (Å²) in [7, 11) is 0. The summed E-state index contributed by atoms with van der Waals surface area (Å²) >= 11 is 0. The normalized spacial score (nSPS) is 13.9. The molecule has 0 aromatic heterocycles. The molecule has 5 heteroatoms. The second-order valence-corrected chi connectivity index (χ2v) is 4.87. The molecule has 1 aliphatic carbocycles. The van der Waals surface area contributed by atoms with Crippen LogP contribution >= 0.6 is 0 Å². The van der Waals surface area contributed by atoms with Gasteiger partial charge >= 0.3 is 12.0 Å². The van der Waals surface area contributed by atoms with Crippen molar-refractivity contribution >= 4 is 17.7 Å². The predicted molar refractivity (Wildman–Crippen MR) is 72.1 cm³/mol. The maximum absolute atomic E-state index is 11.5. The van der Waals surface area contributed by atoms with Gasteiger partial charge in [0.05, 0.1) is 0 Å². The number of hydrogen-bond donors (Lipinski definition) is 3. The molecule has 1 fully saturated rings. The third kappa shape index (κ3) is 4.99. The van der Waals surface area contributed by atoms with E-state index in [1.54, 1.807) is 12.1 Å². The number of carboxylic acid groups (broad SMARTS) is 1. The SMILES string of the molecule is O=C(O)CCc1ccc(NC(=O)NCC2CC2)cc1. The summed E-state index contributed by atoms with van der Waals surface area (Å²) < 4.78 is 0. The fraction of sp³-hybridized carbons (Fsp3) is 0.429. The van der Waals surface area contributed by atoms with Crippen LogP contribution in [0.5, 0.6) is 0 Å². The molecule has 0 unspecified atom stereocenters. The molecule has 1 aliphatic rings. The Morgan fingerprint density at radius 3 is 2.47 bits per heavy atom. The summed E-state index contributed by atoms with van der Waals surface area (Å²) in [5.74, 6) is -0.147. The van der Waals surface area contributed by atoms with Gasteiger partial charge in [-0.1, -0.05) is 12.1 Å². The number of carboxylic acids is 1. The van der Waals surface area contributed by atoms with Gasteiger partial charge in [0, 0.05) is 18.7 Å². The Balaban J connectivity index is 1.76. The third-order valence-electron chi connectivity index (χ3n) is 3.09. The zero-order valence-corrected chi connectivity index (χ0v) is 10.7. The van der Waals surface area contributed by atoms with Gasteiger partial charge in [-0.05, 0) is 42.9 Å². The molecule has 5 nitrogen and oxygen atoms in total. The van der Waals surface area contributed by atoms with Gasteiger partial charge in [-0.15, -0.1) is 0 Å². The largest absolute Gasteiger partial charge is 0.481 e. The van der Waals surface area contributed by atoms with Crippen molar-refractivity contribution in [1.29, 1.82) is 0 Å². The van der Waals surface area contributed by atoms with E-state index in [0.29, 0.717) is 18.0 Å². The van der Waals surface area contributed by atoms with E-state index in [1.165, 1.54) is 12.8 Å². The van der Waals surface area contributed by atoms with Crippen LogP contribution in [0.1, 0.15) is 24.8 Å². The van der Waals surface area contributed by atoms with Crippen molar-refractivity contribution in [2.24, 2.45) is 5.92 Å². The zero-order chi connectivity index (χ0) is 13.7. The highest BCUT2D eigenvalue weighted by atomic mass is 16.4. The zero-order valence-electron chi connectivity index (χ0n) is 10.7. The molecule has 2 rings (SSSR count). The molecule has 0 radical (unpaired) electrons. The van der Waals surface area contributed by atoms with E-state index >= 15 is 0 Å². The van der Waals surface area contributed by atoms with Crippen molar-refractivity contribution in [1.82, 2.24) is 5.32 Å². The summed E-state index contributed by atoms with van der Waals surface area (Å²) in [6.07, 6.45) is 3.04. The van der Waals surface area contributed by atoms with Crippen molar-refractivity contribution in [2.75, 3.05) is 11.9 Å². The number of nitrogens with one attached hydrogen (secondary N) is 2. The summed E-state index contributed by atoms with van der Waals surface area (Å²) in [4.78, 5) is 22.0. The van der Waals surface area contributed by atoms with Gasteiger partial charge in [-0.2, -0.15) is 0 Å². The molecular formula is C14H18N2O3. The first-order chi connectivity index (χ1) is 9.13. The van der Waals surface area contributed by atoms with Crippen molar-refractivity contribution in [3.8, 4) is 0 Å². The van der Waals surface area contributed by atoms with E-state index in [1.807, 2.05) is 12.1 Å². The smallest absolute Gasteiger partial charge is 0.319 e. The Kier molecular flexibility index (Phi) is 4.39. The first kappa shape index (κ1) is 13.4. The van der Waals surface area contributed by atoms with Crippen LogP contribution in [-0.4, -0.2) is 23.7 Å². The van der Waals surface area contributed by atoms with E-state index in [-0.39, 0.29) is 12.5 Å². The number of aryl methyl sites for hydroxylation is 1. The van der Waals surface area contributed by atoms with Crippen LogP contribution in [0.25, 0.3) is 0 Å². The van der Waals surface area contributed by atoms with E-state index in [4.69, 9.17) is 5.11 Å². The molecule has 0 bridgehead atoms. The molecule has 0 spiro atoms. The minimum atomic E-state index is -0.804. The summed E-state index contributed by atoms with van der Waals surface area (Å²) in [6, 6.07) is 7.05. The average molecular weight is 262 g/mol. The second-order valence-electron chi connectivity index (χ2n) is 4.87. The van der Waals surface area contributed by atoms with Gasteiger partial charge in [0.1, 0.15) is 0 Å². The molecule has 2 amide bonds. The fourth-order valence-corrected chi connectivity index (χ4v) is 1.74. The Bertz CT molecular complexity index is 452. The van der Waals surface area contributed by atoms with Crippen LogP contribution in [0, 0.1) is 5.92 Å². The van der Waals surface area contributed by atoms with E-state index < -0.39 is 5.97 Å². The lowest BCUT2D eigenvalue weighted by Gasteiger charge is -2.07. The number of hydrogen-bond acceptors (Lipinski definition) is 2. The van der Waals surface area contributed by atoms with E-state index in [9.17, 15) is 9.59 Å². The molecular weight excluding hydrogens is 244 g/mol. The van der Waals surface area contributed by atoms with Crippen molar-refractivity contribution in [2.45, 2.75) is 25.7 Å². The van der Waals surface area contributed by atoms with E-state index in [2.05, 4.69) is 10.6 Å². The summed E-state index contributed by atoms with van der Waals surface area (Å²) in [6.45, 7) is 0.739. The standard InChI is InChI=1S/C14H18N2O3/c17-13(18)8-5-10-3-6-12(7-4-10)16-14(19)15-9-11-1-2-11/h3-4,6-7,11H,1-2,5,8-9H2,(H,17,18)(H2,15,16,19). The summed E-state index contributed by atoms with van der Waals surface area (Å²) in [5, 5.41) is 14.2. The molecule has 102 valence electrons. The van der Waals surface area contributed by atoms with Crippen LogP contribution in [0.15, 0.2) is 24.3 Å². The van der Waals surface area contributed by atoms with Gasteiger partial charge in [-0.3, -0.25) is 4.79 Å². The number of benzene rings is 1. The lowest BCUT2D eigenvalue weighted by molar-refractivity contribution is -0.136. The van der Waals surface area contributed by atoms with Gasteiger partial charge in [0.15, 0.2) is 0 Å². The highest BCUT2D eigenvalue weighted by Crippen LogP contribution is 2.27. The van der Waals surface area contributed by atoms with Crippen LogP contribution < -0.4 is 10.6 Å². The van der Waals surface area contributed by atoms with Crippen molar-refractivity contribution in [3.63, 3.8) is 0 Å². The monoisotopic (exact) mass is 262 g/mol. The molecule has 0 atom stereocenters. The Labute approximate surface area is 112 Å². The minimum absolute atomic E-state index is 0.120. The van der Waals surface area contributed by atoms with Crippen LogP contribution in [0.2, 0.25) is 0 Å². The molecule has 0 heterocycles. The average Bonchev–Trinajstić information content (AvgIpc) is 3.19. The third-order valence-corrected chi connectivity index (χ3v) is 3.09. The van der Waals surface area contributed by atoms with Crippen molar-refractivity contribution < 1.29 is 14.7 Å². The summed E-state index contributed by atoms with van der Waals surface area (Å²) in [5.41, 5.74) is 1.67.